The van der Waals surface area contributed by atoms with Gasteiger partial charge in [-0.1, -0.05) is 13.8 Å². The Bertz CT molecular complexity index is 525. The summed E-state index contributed by atoms with van der Waals surface area (Å²) in [5.41, 5.74) is 0. The Morgan fingerprint density at radius 1 is 1.35 bits per heavy atom. The number of rotatable bonds is 7. The molecule has 114 valence electrons. The Balaban J connectivity index is 1.95. The summed E-state index contributed by atoms with van der Waals surface area (Å²) < 4.78 is 27.9. The molecular weight excluding hydrogens is 292 g/mol. The molecule has 4 nitrogen and oxygen atoms in total. The van der Waals surface area contributed by atoms with Crippen LogP contribution in [0.4, 0.5) is 0 Å². The lowest BCUT2D eigenvalue weighted by atomic mass is 10.1. The standard InChI is InChI=1S/C14H24N2O2S2/c1-3-15-9-8-13-6-7-14(19-13)20(17,18)16-12-5-4-11(2)10-12/h6-7,11-12,15-16H,3-5,8-10H2,1-2H3. The summed E-state index contributed by atoms with van der Waals surface area (Å²) >= 11 is 1.38. The van der Waals surface area contributed by atoms with Crippen LogP contribution in [0.1, 0.15) is 38.0 Å². The molecule has 20 heavy (non-hydrogen) atoms. The lowest BCUT2D eigenvalue weighted by Crippen LogP contribution is -2.32. The van der Waals surface area contributed by atoms with E-state index in [-0.39, 0.29) is 6.04 Å². The summed E-state index contributed by atoms with van der Waals surface area (Å²) in [6, 6.07) is 3.77. The van der Waals surface area contributed by atoms with Crippen LogP contribution >= 0.6 is 11.3 Å². The van der Waals surface area contributed by atoms with Gasteiger partial charge in [-0.15, -0.1) is 11.3 Å². The molecule has 2 rings (SSSR count). The van der Waals surface area contributed by atoms with Gasteiger partial charge >= 0.3 is 0 Å². The summed E-state index contributed by atoms with van der Waals surface area (Å²) in [6.07, 6.45) is 3.91. The van der Waals surface area contributed by atoms with E-state index in [0.29, 0.717) is 10.1 Å². The van der Waals surface area contributed by atoms with Crippen LogP contribution in [0.5, 0.6) is 0 Å². The number of nitrogens with one attached hydrogen (secondary N) is 2. The molecule has 2 unspecified atom stereocenters. The fourth-order valence-electron chi connectivity index (χ4n) is 2.62. The van der Waals surface area contributed by atoms with E-state index in [1.165, 1.54) is 11.3 Å². The van der Waals surface area contributed by atoms with Gasteiger partial charge in [-0.05, 0) is 56.8 Å². The summed E-state index contributed by atoms with van der Waals surface area (Å²) in [4.78, 5) is 1.12. The Morgan fingerprint density at radius 3 is 2.80 bits per heavy atom. The normalized spacial score (nSPS) is 23.3. The van der Waals surface area contributed by atoms with Crippen molar-refractivity contribution in [2.75, 3.05) is 13.1 Å². The summed E-state index contributed by atoms with van der Waals surface area (Å²) in [6.45, 7) is 6.08. The van der Waals surface area contributed by atoms with Crippen molar-refractivity contribution >= 4 is 21.4 Å². The van der Waals surface area contributed by atoms with E-state index in [1.54, 1.807) is 6.07 Å². The summed E-state index contributed by atoms with van der Waals surface area (Å²) in [5, 5.41) is 3.25. The van der Waals surface area contributed by atoms with Gasteiger partial charge in [0.05, 0.1) is 0 Å². The summed E-state index contributed by atoms with van der Waals surface area (Å²) in [5.74, 6) is 0.627. The predicted octanol–water partition coefficient (Wildman–Crippen LogP) is 2.37. The Labute approximate surface area is 126 Å². The van der Waals surface area contributed by atoms with E-state index in [9.17, 15) is 8.42 Å². The van der Waals surface area contributed by atoms with Crippen LogP contribution in [-0.2, 0) is 16.4 Å². The molecule has 0 aromatic carbocycles. The zero-order chi connectivity index (χ0) is 14.6. The first-order valence-corrected chi connectivity index (χ1v) is 9.63. The second-order valence-corrected chi connectivity index (χ2v) is 8.67. The zero-order valence-corrected chi connectivity index (χ0v) is 13.8. The number of likely N-dealkylation sites (N-methyl/N-ethyl adjacent to an activating group) is 1. The third-order valence-electron chi connectivity index (χ3n) is 3.72. The van der Waals surface area contributed by atoms with Gasteiger partial charge in [0.15, 0.2) is 0 Å². The van der Waals surface area contributed by atoms with Crippen LogP contribution in [0.15, 0.2) is 16.3 Å². The van der Waals surface area contributed by atoms with Crippen molar-refractivity contribution in [2.45, 2.75) is 49.8 Å². The third kappa shape index (κ3) is 4.28. The van der Waals surface area contributed by atoms with Crippen molar-refractivity contribution in [2.24, 2.45) is 5.92 Å². The van der Waals surface area contributed by atoms with Gasteiger partial charge in [0.2, 0.25) is 10.0 Å². The molecule has 0 saturated heterocycles. The molecule has 1 heterocycles. The number of hydrogen-bond donors (Lipinski definition) is 2. The average molecular weight is 316 g/mol. The predicted molar refractivity (Wildman–Crippen MR) is 83.7 cm³/mol. The molecule has 0 radical (unpaired) electrons. The van der Waals surface area contributed by atoms with Gasteiger partial charge in [0.25, 0.3) is 0 Å². The van der Waals surface area contributed by atoms with Crippen LogP contribution in [0.2, 0.25) is 0 Å². The van der Waals surface area contributed by atoms with Crippen molar-refractivity contribution < 1.29 is 8.42 Å². The molecule has 1 aromatic heterocycles. The van der Waals surface area contributed by atoms with Crippen molar-refractivity contribution in [3.63, 3.8) is 0 Å². The smallest absolute Gasteiger partial charge is 0.250 e. The Hall–Kier alpha value is -0.430. The van der Waals surface area contributed by atoms with E-state index >= 15 is 0 Å². The second-order valence-electron chi connectivity index (χ2n) is 5.56. The minimum Gasteiger partial charge on any atom is -0.317 e. The first kappa shape index (κ1) is 15.9. The fourth-order valence-corrected chi connectivity index (χ4v) is 5.27. The molecule has 2 atom stereocenters. The van der Waals surface area contributed by atoms with Crippen LogP contribution < -0.4 is 10.0 Å². The Kier molecular flexibility index (Phi) is 5.60. The van der Waals surface area contributed by atoms with E-state index < -0.39 is 10.0 Å². The van der Waals surface area contributed by atoms with Crippen molar-refractivity contribution in [3.8, 4) is 0 Å². The first-order valence-electron chi connectivity index (χ1n) is 7.33. The van der Waals surface area contributed by atoms with Gasteiger partial charge in [0.1, 0.15) is 4.21 Å². The van der Waals surface area contributed by atoms with Gasteiger partial charge < -0.3 is 5.32 Å². The molecule has 1 aliphatic carbocycles. The lowest BCUT2D eigenvalue weighted by Gasteiger charge is -2.11. The third-order valence-corrected chi connectivity index (χ3v) is 6.87. The zero-order valence-electron chi connectivity index (χ0n) is 12.2. The number of hydrogen-bond acceptors (Lipinski definition) is 4. The minimum atomic E-state index is -3.33. The highest BCUT2D eigenvalue weighted by molar-refractivity contribution is 7.91. The quantitative estimate of drug-likeness (QED) is 0.759. The Morgan fingerprint density at radius 2 is 2.15 bits per heavy atom. The van der Waals surface area contributed by atoms with Crippen LogP contribution in [-0.4, -0.2) is 27.5 Å². The molecule has 0 spiro atoms. The maximum Gasteiger partial charge on any atom is 0.250 e. The maximum absolute atomic E-state index is 12.3. The topological polar surface area (TPSA) is 58.2 Å². The highest BCUT2D eigenvalue weighted by atomic mass is 32.2. The van der Waals surface area contributed by atoms with Gasteiger partial charge in [-0.3, -0.25) is 0 Å². The SMILES string of the molecule is CCNCCc1ccc(S(=O)(=O)NC2CCC(C)C2)s1. The van der Waals surface area contributed by atoms with E-state index in [4.69, 9.17) is 0 Å². The fraction of sp³-hybridized carbons (Fsp3) is 0.714. The largest absolute Gasteiger partial charge is 0.317 e. The average Bonchev–Trinajstić information content (AvgIpc) is 2.99. The van der Waals surface area contributed by atoms with Crippen LogP contribution in [0.25, 0.3) is 0 Å². The second kappa shape index (κ2) is 7.02. The molecule has 1 aliphatic rings. The number of thiophene rings is 1. The van der Waals surface area contributed by atoms with E-state index in [0.717, 1.165) is 43.6 Å². The molecular formula is C14H24N2O2S2. The molecule has 1 saturated carbocycles. The monoisotopic (exact) mass is 316 g/mol. The van der Waals surface area contributed by atoms with Crippen molar-refractivity contribution in [3.05, 3.63) is 17.0 Å². The first-order chi connectivity index (χ1) is 9.51. The molecule has 6 heteroatoms. The van der Waals surface area contributed by atoms with Gasteiger partial charge in [-0.25, -0.2) is 13.1 Å². The molecule has 0 amide bonds. The molecule has 2 N–H and O–H groups in total. The van der Waals surface area contributed by atoms with Gasteiger partial charge in [0, 0.05) is 10.9 Å². The minimum absolute atomic E-state index is 0.113. The van der Waals surface area contributed by atoms with Crippen molar-refractivity contribution in [1.82, 2.24) is 10.0 Å². The molecule has 0 bridgehead atoms. The highest BCUT2D eigenvalue weighted by Crippen LogP contribution is 2.27. The van der Waals surface area contributed by atoms with Crippen LogP contribution in [0.3, 0.4) is 0 Å². The van der Waals surface area contributed by atoms with Gasteiger partial charge in [-0.2, -0.15) is 0 Å². The molecule has 1 aromatic rings. The van der Waals surface area contributed by atoms with E-state index in [2.05, 4.69) is 23.9 Å². The molecule has 0 aliphatic heterocycles. The van der Waals surface area contributed by atoms with E-state index in [1.807, 2.05) is 6.07 Å². The summed E-state index contributed by atoms with van der Waals surface area (Å²) in [7, 11) is -3.33. The molecule has 1 fully saturated rings. The number of sulfonamides is 1. The van der Waals surface area contributed by atoms with Crippen molar-refractivity contribution in [1.29, 1.82) is 0 Å². The van der Waals surface area contributed by atoms with Crippen LogP contribution in [0, 0.1) is 5.92 Å². The lowest BCUT2D eigenvalue weighted by molar-refractivity contribution is 0.540. The highest BCUT2D eigenvalue weighted by Gasteiger charge is 2.27. The maximum atomic E-state index is 12.3.